The van der Waals surface area contributed by atoms with E-state index in [1.165, 1.54) is 38.1 Å². The van der Waals surface area contributed by atoms with Gasteiger partial charge in [0.05, 0.1) is 27.8 Å². The molecule has 10 aromatic rings. The van der Waals surface area contributed by atoms with Crippen LogP contribution in [0.5, 0.6) is 0 Å². The normalized spacial score (nSPS) is 11.9. The van der Waals surface area contributed by atoms with Crippen LogP contribution in [0.1, 0.15) is 11.1 Å². The van der Waals surface area contributed by atoms with E-state index in [0.29, 0.717) is 5.95 Å². The van der Waals surface area contributed by atoms with E-state index >= 15 is 0 Å². The van der Waals surface area contributed by atoms with Crippen LogP contribution in [0, 0.1) is 13.8 Å². The average Bonchev–Trinajstić information content (AvgIpc) is 3.77. The third-order valence-electron chi connectivity index (χ3n) is 9.77. The van der Waals surface area contributed by atoms with E-state index in [4.69, 9.17) is 9.97 Å². The van der Waals surface area contributed by atoms with Gasteiger partial charge in [-0.25, -0.2) is 4.98 Å². The molecule has 0 atom stereocenters. The first-order valence-corrected chi connectivity index (χ1v) is 16.7. The van der Waals surface area contributed by atoms with Gasteiger partial charge in [0.25, 0.3) is 0 Å². The SMILES string of the molecule is Cc1ccc2c(c1)c1cc(C)ccc1n2-c1nc(-c2ccccc2)cc(-n2c3ccccc3c3c4ccccc4n(-c4ccccc4)c32)n1. The van der Waals surface area contributed by atoms with E-state index in [-0.39, 0.29) is 0 Å². The number of fused-ring (bicyclic) bond motifs is 8. The second kappa shape index (κ2) is 10.5. The maximum absolute atomic E-state index is 5.50. The average molecular weight is 630 g/mol. The molecule has 0 radical (unpaired) electrons. The van der Waals surface area contributed by atoms with Crippen LogP contribution in [-0.4, -0.2) is 23.7 Å². The standard InChI is InChI=1S/C44H31N5/c1-28-21-23-39-34(25-28)35-26-29(2)22-24-40(35)48(39)44-45-36(30-13-5-3-6-14-30)27-41(46-44)49-38-20-12-10-18-33(38)42-32-17-9-11-19-37(32)47(43(42)49)31-15-7-4-8-16-31/h3-27H,1-2H3. The number of benzene rings is 6. The largest absolute Gasteiger partial charge is 0.295 e. The lowest BCUT2D eigenvalue weighted by molar-refractivity contribution is 0.940. The van der Waals surface area contributed by atoms with Gasteiger partial charge in [0, 0.05) is 44.2 Å². The van der Waals surface area contributed by atoms with Gasteiger partial charge in [0.1, 0.15) is 11.5 Å². The van der Waals surface area contributed by atoms with E-state index in [9.17, 15) is 0 Å². The van der Waals surface area contributed by atoms with Gasteiger partial charge in [0.15, 0.2) is 0 Å². The molecule has 0 fully saturated rings. The molecule has 0 spiro atoms. The van der Waals surface area contributed by atoms with Gasteiger partial charge in [0.2, 0.25) is 5.95 Å². The fraction of sp³-hybridized carbons (Fsp3) is 0.0455. The molecule has 0 saturated carbocycles. The molecule has 10 rings (SSSR count). The van der Waals surface area contributed by atoms with Crippen LogP contribution in [0.2, 0.25) is 0 Å². The van der Waals surface area contributed by atoms with Crippen LogP contribution in [0.15, 0.2) is 152 Å². The monoisotopic (exact) mass is 629 g/mol. The van der Waals surface area contributed by atoms with Crippen LogP contribution in [0.4, 0.5) is 0 Å². The Morgan fingerprint density at radius 2 is 0.959 bits per heavy atom. The van der Waals surface area contributed by atoms with E-state index < -0.39 is 0 Å². The highest BCUT2D eigenvalue weighted by molar-refractivity contribution is 6.22. The molecule has 0 aliphatic carbocycles. The van der Waals surface area contributed by atoms with Crippen molar-refractivity contribution in [2.75, 3.05) is 0 Å². The van der Waals surface area contributed by atoms with Gasteiger partial charge < -0.3 is 0 Å². The molecule has 0 aliphatic rings. The van der Waals surface area contributed by atoms with Crippen molar-refractivity contribution in [2.24, 2.45) is 0 Å². The van der Waals surface area contributed by atoms with Crippen molar-refractivity contribution in [1.82, 2.24) is 23.7 Å². The molecule has 0 bridgehead atoms. The fourth-order valence-electron chi connectivity index (χ4n) is 7.63. The number of para-hydroxylation sites is 3. The van der Waals surface area contributed by atoms with E-state index in [2.05, 4.69) is 173 Å². The Labute approximate surface area is 282 Å². The lowest BCUT2D eigenvalue weighted by atomic mass is 10.1. The zero-order chi connectivity index (χ0) is 32.6. The molecule has 4 aromatic heterocycles. The summed E-state index contributed by atoms with van der Waals surface area (Å²) in [7, 11) is 0. The Morgan fingerprint density at radius 3 is 1.59 bits per heavy atom. The molecule has 0 N–H and O–H groups in total. The summed E-state index contributed by atoms with van der Waals surface area (Å²) in [6.07, 6.45) is 0. The molecule has 4 heterocycles. The summed E-state index contributed by atoms with van der Waals surface area (Å²) >= 11 is 0. The number of nitrogens with zero attached hydrogens (tertiary/aromatic N) is 5. The summed E-state index contributed by atoms with van der Waals surface area (Å²) in [5.74, 6) is 1.45. The molecule has 0 amide bonds. The van der Waals surface area contributed by atoms with Crippen molar-refractivity contribution in [2.45, 2.75) is 13.8 Å². The van der Waals surface area contributed by atoms with Gasteiger partial charge in [-0.05, 0) is 62.4 Å². The van der Waals surface area contributed by atoms with Crippen LogP contribution < -0.4 is 0 Å². The third-order valence-corrected chi connectivity index (χ3v) is 9.77. The molecule has 49 heavy (non-hydrogen) atoms. The van der Waals surface area contributed by atoms with Gasteiger partial charge in [-0.15, -0.1) is 0 Å². The van der Waals surface area contributed by atoms with Crippen molar-refractivity contribution in [3.05, 3.63) is 163 Å². The summed E-state index contributed by atoms with van der Waals surface area (Å²) in [6, 6.07) is 53.9. The van der Waals surface area contributed by atoms with Crippen LogP contribution >= 0.6 is 0 Å². The minimum Gasteiger partial charge on any atom is -0.295 e. The van der Waals surface area contributed by atoms with Crippen molar-refractivity contribution in [1.29, 1.82) is 0 Å². The summed E-state index contributed by atoms with van der Waals surface area (Å²) in [5, 5.41) is 6.01. The van der Waals surface area contributed by atoms with Gasteiger partial charge in [-0.1, -0.05) is 108 Å². The Balaban J connectivity index is 1.38. The zero-order valence-electron chi connectivity index (χ0n) is 27.2. The molecule has 5 nitrogen and oxygen atoms in total. The summed E-state index contributed by atoms with van der Waals surface area (Å²) in [5.41, 5.74) is 11.0. The Kier molecular flexibility index (Phi) is 5.94. The van der Waals surface area contributed by atoms with Crippen molar-refractivity contribution in [3.63, 3.8) is 0 Å². The first-order valence-electron chi connectivity index (χ1n) is 16.7. The molecule has 0 unspecified atom stereocenters. The van der Waals surface area contributed by atoms with Crippen molar-refractivity contribution >= 4 is 54.6 Å². The Hall–Kier alpha value is -6.46. The Bertz CT molecular complexity index is 2830. The number of hydrogen-bond donors (Lipinski definition) is 0. The van der Waals surface area contributed by atoms with Crippen LogP contribution in [0.3, 0.4) is 0 Å². The first kappa shape index (κ1) is 27.6. The quantitative estimate of drug-likeness (QED) is 0.194. The van der Waals surface area contributed by atoms with Gasteiger partial charge in [-0.3, -0.25) is 13.7 Å². The molecule has 5 heteroatoms. The fourth-order valence-corrected chi connectivity index (χ4v) is 7.63. The lowest BCUT2D eigenvalue weighted by Crippen LogP contribution is -2.09. The zero-order valence-corrected chi connectivity index (χ0v) is 27.2. The second-order valence-electron chi connectivity index (χ2n) is 12.9. The van der Waals surface area contributed by atoms with E-state index in [0.717, 1.165) is 50.5 Å². The van der Waals surface area contributed by atoms with Crippen molar-refractivity contribution in [3.8, 4) is 28.7 Å². The van der Waals surface area contributed by atoms with E-state index in [1.807, 2.05) is 6.07 Å². The molecule has 232 valence electrons. The Morgan fingerprint density at radius 1 is 0.429 bits per heavy atom. The first-order chi connectivity index (χ1) is 24.1. The predicted octanol–water partition coefficient (Wildman–Crippen LogP) is 10.9. The van der Waals surface area contributed by atoms with Crippen LogP contribution in [-0.2, 0) is 0 Å². The summed E-state index contributed by atoms with van der Waals surface area (Å²) in [6.45, 7) is 4.30. The highest BCUT2D eigenvalue weighted by atomic mass is 15.2. The predicted molar refractivity (Wildman–Crippen MR) is 202 cm³/mol. The maximum Gasteiger partial charge on any atom is 0.237 e. The number of aromatic nitrogens is 5. The van der Waals surface area contributed by atoms with E-state index in [1.54, 1.807) is 0 Å². The van der Waals surface area contributed by atoms with Gasteiger partial charge in [-0.2, -0.15) is 4.98 Å². The molecule has 0 saturated heterocycles. The molecule has 6 aromatic carbocycles. The van der Waals surface area contributed by atoms with Gasteiger partial charge >= 0.3 is 0 Å². The number of hydrogen-bond acceptors (Lipinski definition) is 2. The minimum absolute atomic E-state index is 0.636. The number of aryl methyl sites for hydroxylation is 2. The summed E-state index contributed by atoms with van der Waals surface area (Å²) in [4.78, 5) is 10.8. The minimum atomic E-state index is 0.636. The van der Waals surface area contributed by atoms with Crippen LogP contribution in [0.25, 0.3) is 83.4 Å². The maximum atomic E-state index is 5.50. The third kappa shape index (κ3) is 4.12. The highest BCUT2D eigenvalue weighted by Crippen LogP contribution is 2.41. The summed E-state index contributed by atoms with van der Waals surface area (Å²) < 4.78 is 6.94. The molecule has 0 aliphatic heterocycles. The van der Waals surface area contributed by atoms with Crippen molar-refractivity contribution < 1.29 is 0 Å². The smallest absolute Gasteiger partial charge is 0.237 e. The highest BCUT2D eigenvalue weighted by Gasteiger charge is 2.24. The lowest BCUT2D eigenvalue weighted by Gasteiger charge is -2.15. The molecular formula is C44H31N5. The number of rotatable bonds is 4. The topological polar surface area (TPSA) is 40.6 Å². The molecular weight excluding hydrogens is 599 g/mol. The second-order valence-corrected chi connectivity index (χ2v) is 12.9.